The highest BCUT2D eigenvalue weighted by molar-refractivity contribution is 7.47. The van der Waals surface area contributed by atoms with Gasteiger partial charge in [0.2, 0.25) is 0 Å². The number of unbranched alkanes of at least 4 members (excludes halogenated alkanes) is 20. The van der Waals surface area contributed by atoms with Crippen molar-refractivity contribution in [3.8, 4) is 0 Å². The Morgan fingerprint density at radius 1 is 0.577 bits per heavy atom. The predicted molar refractivity (Wildman–Crippen MR) is 215 cm³/mol. The van der Waals surface area contributed by atoms with Gasteiger partial charge in [-0.05, 0) is 51.4 Å². The Balaban J connectivity index is 4.22. The van der Waals surface area contributed by atoms with E-state index in [1.807, 2.05) is 0 Å². The Labute approximate surface area is 318 Å². The molecule has 0 amide bonds. The summed E-state index contributed by atoms with van der Waals surface area (Å²) in [6, 6.07) is 0. The van der Waals surface area contributed by atoms with Gasteiger partial charge in [0.1, 0.15) is 6.61 Å². The molecule has 0 saturated heterocycles. The Kier molecular flexibility index (Phi) is 37.6. The van der Waals surface area contributed by atoms with E-state index in [4.69, 9.17) is 24.3 Å². The van der Waals surface area contributed by atoms with Gasteiger partial charge in [0.05, 0.1) is 13.2 Å². The van der Waals surface area contributed by atoms with Gasteiger partial charge in [-0.25, -0.2) is 4.57 Å². The molecular weight excluding hydrogens is 677 g/mol. The number of carbonyl (C=O) groups is 2. The van der Waals surface area contributed by atoms with Crippen molar-refractivity contribution < 1.29 is 37.6 Å². The lowest BCUT2D eigenvalue weighted by Crippen LogP contribution is -2.29. The fourth-order valence-corrected chi connectivity index (χ4v) is 6.41. The molecule has 0 fully saturated rings. The number of hydrogen-bond donors (Lipinski definition) is 2. The average molecular weight is 756 g/mol. The first-order valence-electron chi connectivity index (χ1n) is 21.0. The van der Waals surface area contributed by atoms with Crippen LogP contribution in [0.5, 0.6) is 0 Å². The normalized spacial score (nSPS) is 13.7. The third-order valence-corrected chi connectivity index (χ3v) is 9.76. The van der Waals surface area contributed by atoms with Crippen LogP contribution >= 0.6 is 7.82 Å². The first-order valence-corrected chi connectivity index (χ1v) is 22.5. The number of hydrogen-bond acceptors (Lipinski definition) is 8. The molecule has 0 aromatic heterocycles. The zero-order chi connectivity index (χ0) is 38.2. The number of phosphoric ester groups is 1. The van der Waals surface area contributed by atoms with Gasteiger partial charge in [-0.1, -0.05) is 159 Å². The molecule has 0 bridgehead atoms. The quantitative estimate of drug-likeness (QED) is 0.0272. The molecule has 52 heavy (non-hydrogen) atoms. The number of nitrogens with two attached hydrogens (primary N) is 1. The van der Waals surface area contributed by atoms with Gasteiger partial charge >= 0.3 is 19.8 Å². The molecule has 2 atom stereocenters. The molecule has 0 aliphatic heterocycles. The van der Waals surface area contributed by atoms with E-state index in [0.717, 1.165) is 44.9 Å². The minimum Gasteiger partial charge on any atom is -0.462 e. The van der Waals surface area contributed by atoms with Gasteiger partial charge in [0, 0.05) is 19.4 Å². The van der Waals surface area contributed by atoms with Crippen molar-refractivity contribution in [3.63, 3.8) is 0 Å². The van der Waals surface area contributed by atoms with Gasteiger partial charge in [-0.2, -0.15) is 0 Å². The lowest BCUT2D eigenvalue weighted by atomic mass is 10.0. The third kappa shape index (κ3) is 38.0. The van der Waals surface area contributed by atoms with Gasteiger partial charge < -0.3 is 20.1 Å². The van der Waals surface area contributed by atoms with Gasteiger partial charge in [0.15, 0.2) is 6.10 Å². The Morgan fingerprint density at radius 3 is 1.52 bits per heavy atom. The number of phosphoric acid groups is 1. The molecule has 0 heterocycles. The van der Waals surface area contributed by atoms with E-state index < -0.39 is 32.5 Å². The minimum atomic E-state index is -4.38. The van der Waals surface area contributed by atoms with Crippen LogP contribution in [0.1, 0.15) is 187 Å². The molecule has 0 saturated carbocycles. The fraction of sp³-hybridized carbons (Fsp3) is 0.810. The first kappa shape index (κ1) is 50.2. The molecule has 0 aliphatic rings. The summed E-state index contributed by atoms with van der Waals surface area (Å²) in [6.45, 7) is 3.67. The summed E-state index contributed by atoms with van der Waals surface area (Å²) in [5.41, 5.74) is 5.34. The summed E-state index contributed by atoms with van der Waals surface area (Å²) < 4.78 is 32.7. The van der Waals surface area contributed by atoms with Crippen molar-refractivity contribution in [2.24, 2.45) is 5.73 Å². The molecule has 0 spiro atoms. The lowest BCUT2D eigenvalue weighted by molar-refractivity contribution is -0.161. The van der Waals surface area contributed by atoms with Crippen LogP contribution in [-0.4, -0.2) is 49.3 Å². The topological polar surface area (TPSA) is 134 Å². The molecule has 0 radical (unpaired) electrons. The van der Waals surface area contributed by atoms with Crippen molar-refractivity contribution in [2.75, 3.05) is 26.4 Å². The molecule has 10 heteroatoms. The molecule has 0 aromatic carbocycles. The second-order valence-corrected chi connectivity index (χ2v) is 15.3. The molecule has 0 aliphatic carbocycles. The Bertz CT molecular complexity index is 954. The highest BCUT2D eigenvalue weighted by atomic mass is 31.2. The highest BCUT2D eigenvalue weighted by Crippen LogP contribution is 2.43. The number of ether oxygens (including phenoxy) is 2. The van der Waals surface area contributed by atoms with Crippen LogP contribution < -0.4 is 5.73 Å². The number of rotatable bonds is 39. The van der Waals surface area contributed by atoms with Crippen molar-refractivity contribution >= 4 is 19.8 Å². The van der Waals surface area contributed by atoms with E-state index in [1.165, 1.54) is 103 Å². The van der Waals surface area contributed by atoms with E-state index in [9.17, 15) is 19.0 Å². The zero-order valence-corrected chi connectivity index (χ0v) is 34.2. The summed E-state index contributed by atoms with van der Waals surface area (Å²) in [5, 5.41) is 0. The monoisotopic (exact) mass is 756 g/mol. The Hall–Kier alpha value is -1.77. The predicted octanol–water partition coefficient (Wildman–Crippen LogP) is 11.8. The maximum absolute atomic E-state index is 12.6. The molecule has 3 N–H and O–H groups in total. The maximum Gasteiger partial charge on any atom is 0.472 e. The number of carbonyl (C=O) groups excluding carboxylic acids is 2. The van der Waals surface area contributed by atoms with E-state index in [0.29, 0.717) is 12.8 Å². The second-order valence-electron chi connectivity index (χ2n) is 13.9. The van der Waals surface area contributed by atoms with Gasteiger partial charge in [0.25, 0.3) is 0 Å². The summed E-state index contributed by atoms with van der Waals surface area (Å²) >= 11 is 0. The molecule has 0 aromatic rings. The average Bonchev–Trinajstić information content (AvgIpc) is 3.13. The van der Waals surface area contributed by atoms with E-state index in [2.05, 4.69) is 50.3 Å². The lowest BCUT2D eigenvalue weighted by Gasteiger charge is -2.19. The SMILES string of the molecule is CCCCC/C=C\C/C=C\C/C=C\CCCCC(=O)OC[C@H](COP(=O)(O)OCCN)OC(=O)CCCCCCCCCCCCCCCCCC. The third-order valence-electron chi connectivity index (χ3n) is 8.78. The van der Waals surface area contributed by atoms with E-state index >= 15 is 0 Å². The summed E-state index contributed by atoms with van der Waals surface area (Å²) in [4.78, 5) is 34.8. The zero-order valence-electron chi connectivity index (χ0n) is 33.3. The van der Waals surface area contributed by atoms with Crippen LogP contribution in [0.3, 0.4) is 0 Å². The van der Waals surface area contributed by atoms with E-state index in [-0.39, 0.29) is 32.6 Å². The summed E-state index contributed by atoms with van der Waals surface area (Å²) in [7, 11) is -4.38. The van der Waals surface area contributed by atoms with Crippen molar-refractivity contribution in [3.05, 3.63) is 36.5 Å². The molecular formula is C42H78NO8P. The standard InChI is InChI=1S/C42H78NO8P/c1-3-5-7-9-11-13-15-17-19-21-23-25-27-29-31-33-35-42(45)51-40(39-50-52(46,47)49-37-36-43)38-48-41(44)34-32-30-28-26-24-22-20-18-16-14-12-10-8-6-4-2/h12,14,18,20,24,26,40H,3-11,13,15-17,19,21-23,25,27-39,43H2,1-2H3,(H,46,47)/b14-12-,20-18-,26-24-/t40-/m1/s1. The second kappa shape index (κ2) is 38.9. The van der Waals surface area contributed by atoms with Crippen LogP contribution in [0.4, 0.5) is 0 Å². The summed E-state index contributed by atoms with van der Waals surface area (Å²) in [5.74, 6) is -0.869. The largest absolute Gasteiger partial charge is 0.472 e. The molecule has 1 unspecified atom stereocenters. The summed E-state index contributed by atoms with van der Waals surface area (Å²) in [6.07, 6.45) is 41.7. The first-order chi connectivity index (χ1) is 25.3. The number of allylic oxidation sites excluding steroid dienone is 6. The Morgan fingerprint density at radius 2 is 1.00 bits per heavy atom. The number of esters is 2. The molecule has 304 valence electrons. The van der Waals surface area contributed by atoms with Crippen molar-refractivity contribution in [2.45, 2.75) is 193 Å². The molecule has 9 nitrogen and oxygen atoms in total. The smallest absolute Gasteiger partial charge is 0.462 e. The van der Waals surface area contributed by atoms with Crippen LogP contribution in [0, 0.1) is 0 Å². The highest BCUT2D eigenvalue weighted by Gasteiger charge is 2.26. The minimum absolute atomic E-state index is 0.0488. The van der Waals surface area contributed by atoms with Gasteiger partial charge in [-0.15, -0.1) is 0 Å². The van der Waals surface area contributed by atoms with Crippen LogP contribution in [0.25, 0.3) is 0 Å². The van der Waals surface area contributed by atoms with E-state index in [1.54, 1.807) is 0 Å². The molecule has 0 rings (SSSR count). The maximum atomic E-state index is 12.6. The van der Waals surface area contributed by atoms with Crippen LogP contribution in [-0.2, 0) is 32.7 Å². The van der Waals surface area contributed by atoms with Crippen LogP contribution in [0.15, 0.2) is 36.5 Å². The van der Waals surface area contributed by atoms with Crippen molar-refractivity contribution in [1.29, 1.82) is 0 Å². The van der Waals surface area contributed by atoms with Crippen LogP contribution in [0.2, 0.25) is 0 Å². The van der Waals surface area contributed by atoms with Gasteiger partial charge in [-0.3, -0.25) is 18.6 Å². The fourth-order valence-electron chi connectivity index (χ4n) is 5.64. The van der Waals surface area contributed by atoms with Crippen molar-refractivity contribution in [1.82, 2.24) is 0 Å².